The summed E-state index contributed by atoms with van der Waals surface area (Å²) in [5, 5.41) is 0. The number of nitrogens with two attached hydrogens (primary N) is 2. The molecule has 0 bridgehead atoms. The zero-order valence-electron chi connectivity index (χ0n) is 17.4. The smallest absolute Gasteiger partial charge is 0.186 e. The van der Waals surface area contributed by atoms with Crippen molar-refractivity contribution >= 4 is 11.6 Å². The molecule has 0 aromatic heterocycles. The van der Waals surface area contributed by atoms with Crippen molar-refractivity contribution in [1.82, 2.24) is 4.90 Å². The van der Waals surface area contributed by atoms with E-state index in [0.29, 0.717) is 0 Å². The minimum atomic E-state index is -0.217. The van der Waals surface area contributed by atoms with Crippen LogP contribution in [0.1, 0.15) is 23.2 Å². The van der Waals surface area contributed by atoms with Gasteiger partial charge in [0.25, 0.3) is 0 Å². The Morgan fingerprint density at radius 3 is 1.84 bits per heavy atom. The Labute approximate surface area is 182 Å². The summed E-state index contributed by atoms with van der Waals surface area (Å²) in [6.45, 7) is 3.39. The van der Waals surface area contributed by atoms with Gasteiger partial charge in [-0.25, -0.2) is 9.38 Å². The van der Waals surface area contributed by atoms with E-state index in [4.69, 9.17) is 11.5 Å². The number of rotatable bonds is 6. The molecule has 0 radical (unpaired) electrons. The van der Waals surface area contributed by atoms with Gasteiger partial charge in [0.05, 0.1) is 12.1 Å². The molecule has 1 aliphatic rings. The van der Waals surface area contributed by atoms with Crippen LogP contribution in [-0.2, 0) is 0 Å². The van der Waals surface area contributed by atoms with E-state index in [9.17, 15) is 4.39 Å². The molecule has 160 valence electrons. The van der Waals surface area contributed by atoms with Crippen LogP contribution in [-0.4, -0.2) is 37.0 Å². The summed E-state index contributed by atoms with van der Waals surface area (Å²) in [7, 11) is 0. The molecule has 2 atom stereocenters. The molecule has 0 aliphatic carbocycles. The number of guanidine groups is 1. The van der Waals surface area contributed by atoms with Crippen LogP contribution >= 0.6 is 0 Å². The first kappa shape index (κ1) is 20.9. The van der Waals surface area contributed by atoms with Crippen LogP contribution in [0.5, 0.6) is 0 Å². The van der Waals surface area contributed by atoms with Gasteiger partial charge >= 0.3 is 0 Å². The third-order valence-electron chi connectivity index (χ3n) is 5.77. The summed E-state index contributed by atoms with van der Waals surface area (Å²) in [6.07, 6.45) is 0. The summed E-state index contributed by atoms with van der Waals surface area (Å²) >= 11 is 0. The Hall–Kier alpha value is -3.38. The van der Waals surface area contributed by atoms with E-state index in [2.05, 4.69) is 51.2 Å². The largest absolute Gasteiger partial charge is 0.370 e. The zero-order valence-corrected chi connectivity index (χ0v) is 17.4. The molecule has 3 aromatic carbocycles. The Balaban J connectivity index is 1.63. The number of piperazine rings is 1. The summed E-state index contributed by atoms with van der Waals surface area (Å²) in [5.74, 6) is -0.130. The second-order valence-corrected chi connectivity index (χ2v) is 7.76. The molecule has 4 rings (SSSR count). The van der Waals surface area contributed by atoms with Gasteiger partial charge in [0.15, 0.2) is 5.96 Å². The van der Waals surface area contributed by atoms with Gasteiger partial charge in [-0.05, 0) is 35.4 Å². The van der Waals surface area contributed by atoms with Crippen molar-refractivity contribution in [1.29, 1.82) is 0 Å². The number of benzene rings is 3. The van der Waals surface area contributed by atoms with E-state index in [0.717, 1.165) is 37.4 Å². The molecule has 1 aliphatic heterocycles. The first-order valence-electron chi connectivity index (χ1n) is 10.5. The van der Waals surface area contributed by atoms with Gasteiger partial charge in [-0.2, -0.15) is 0 Å². The van der Waals surface area contributed by atoms with Crippen LogP contribution in [0.4, 0.5) is 10.1 Å². The average Bonchev–Trinajstić information content (AvgIpc) is 2.81. The van der Waals surface area contributed by atoms with Crippen LogP contribution in [0.3, 0.4) is 0 Å². The summed E-state index contributed by atoms with van der Waals surface area (Å²) in [4.78, 5) is 9.39. The molecular weight excluding hydrogens is 389 g/mol. The van der Waals surface area contributed by atoms with Gasteiger partial charge in [0.2, 0.25) is 0 Å². The van der Waals surface area contributed by atoms with Crippen LogP contribution in [0.2, 0.25) is 0 Å². The molecule has 1 saturated heterocycles. The lowest BCUT2D eigenvalue weighted by Crippen LogP contribution is -2.49. The highest BCUT2D eigenvalue weighted by Gasteiger charge is 2.32. The van der Waals surface area contributed by atoms with E-state index in [1.54, 1.807) is 0 Å². The van der Waals surface area contributed by atoms with Crippen molar-refractivity contribution in [2.45, 2.75) is 12.1 Å². The molecule has 0 saturated carbocycles. The maximum absolute atomic E-state index is 13.3. The summed E-state index contributed by atoms with van der Waals surface area (Å²) in [6, 6.07) is 27.0. The second-order valence-electron chi connectivity index (χ2n) is 7.76. The molecule has 0 spiro atoms. The standard InChI is InChI=1S/C25H28FN5/c26-21-11-13-22(14-12-21)30-15-17-31(18-16-30)24(20-9-5-2-6-10-20)23(29-25(27)28)19-7-3-1-4-8-19/h1-14,23-24H,15-18H2,(H4,27,28,29)/t23-,24+/m1/s1. The monoisotopic (exact) mass is 417 g/mol. The highest BCUT2D eigenvalue weighted by atomic mass is 19.1. The van der Waals surface area contributed by atoms with E-state index >= 15 is 0 Å². The van der Waals surface area contributed by atoms with Crippen molar-refractivity contribution in [2.24, 2.45) is 16.5 Å². The lowest BCUT2D eigenvalue weighted by atomic mass is 9.91. The average molecular weight is 418 g/mol. The fraction of sp³-hybridized carbons (Fsp3) is 0.240. The van der Waals surface area contributed by atoms with Crippen molar-refractivity contribution in [2.75, 3.05) is 31.1 Å². The Morgan fingerprint density at radius 1 is 0.742 bits per heavy atom. The van der Waals surface area contributed by atoms with Gasteiger partial charge in [-0.1, -0.05) is 60.7 Å². The number of anilines is 1. The number of nitrogens with zero attached hydrogens (tertiary/aromatic N) is 3. The number of halogens is 1. The molecule has 3 aromatic rings. The highest BCUT2D eigenvalue weighted by molar-refractivity contribution is 5.76. The number of aliphatic imine (C=N–C) groups is 1. The fourth-order valence-electron chi connectivity index (χ4n) is 4.29. The quantitative estimate of drug-likeness (QED) is 0.474. The molecule has 0 unspecified atom stereocenters. The Kier molecular flexibility index (Phi) is 6.48. The van der Waals surface area contributed by atoms with Crippen molar-refractivity contribution in [3.8, 4) is 0 Å². The SMILES string of the molecule is NC(N)=N[C@H](c1ccccc1)[C@H](c1ccccc1)N1CCN(c2ccc(F)cc2)CC1. The van der Waals surface area contributed by atoms with Gasteiger partial charge < -0.3 is 16.4 Å². The molecule has 5 nitrogen and oxygen atoms in total. The second kappa shape index (κ2) is 9.62. The zero-order chi connectivity index (χ0) is 21.6. The first-order chi connectivity index (χ1) is 15.1. The highest BCUT2D eigenvalue weighted by Crippen LogP contribution is 2.38. The molecule has 4 N–H and O–H groups in total. The molecule has 31 heavy (non-hydrogen) atoms. The topological polar surface area (TPSA) is 70.9 Å². The van der Waals surface area contributed by atoms with Crippen LogP contribution in [0.25, 0.3) is 0 Å². The summed E-state index contributed by atoms with van der Waals surface area (Å²) in [5.41, 5.74) is 15.0. The van der Waals surface area contributed by atoms with Gasteiger partial charge in [-0.15, -0.1) is 0 Å². The van der Waals surface area contributed by atoms with Crippen molar-refractivity contribution in [3.05, 3.63) is 102 Å². The van der Waals surface area contributed by atoms with Crippen molar-refractivity contribution < 1.29 is 4.39 Å². The van der Waals surface area contributed by atoms with E-state index in [1.165, 1.54) is 17.7 Å². The minimum Gasteiger partial charge on any atom is -0.370 e. The predicted molar refractivity (Wildman–Crippen MR) is 124 cm³/mol. The first-order valence-corrected chi connectivity index (χ1v) is 10.5. The lowest BCUT2D eigenvalue weighted by Gasteiger charge is -2.42. The number of hydrogen-bond donors (Lipinski definition) is 2. The van der Waals surface area contributed by atoms with Crippen LogP contribution in [0.15, 0.2) is 89.9 Å². The Morgan fingerprint density at radius 2 is 1.29 bits per heavy atom. The molecule has 1 heterocycles. The number of hydrogen-bond acceptors (Lipinski definition) is 3. The fourth-order valence-corrected chi connectivity index (χ4v) is 4.29. The minimum absolute atomic E-state index is 0.000989. The molecule has 1 fully saturated rings. The van der Waals surface area contributed by atoms with Crippen LogP contribution in [0, 0.1) is 5.82 Å². The summed E-state index contributed by atoms with van der Waals surface area (Å²) < 4.78 is 13.3. The molecule has 6 heteroatoms. The maximum Gasteiger partial charge on any atom is 0.186 e. The van der Waals surface area contributed by atoms with Gasteiger partial charge in [-0.3, -0.25) is 4.90 Å². The predicted octanol–water partition coefficient (Wildman–Crippen LogP) is 3.70. The third kappa shape index (κ3) is 5.03. The molecular formula is C25H28FN5. The Bertz CT molecular complexity index is 979. The molecule has 0 amide bonds. The normalized spacial score (nSPS) is 16.5. The van der Waals surface area contributed by atoms with Crippen molar-refractivity contribution in [3.63, 3.8) is 0 Å². The lowest BCUT2D eigenvalue weighted by molar-refractivity contribution is 0.162. The van der Waals surface area contributed by atoms with E-state index in [-0.39, 0.29) is 23.9 Å². The maximum atomic E-state index is 13.3. The van der Waals surface area contributed by atoms with E-state index < -0.39 is 0 Å². The van der Waals surface area contributed by atoms with Crippen LogP contribution < -0.4 is 16.4 Å². The van der Waals surface area contributed by atoms with Gasteiger partial charge in [0, 0.05) is 31.9 Å². The van der Waals surface area contributed by atoms with Gasteiger partial charge in [0.1, 0.15) is 5.82 Å². The third-order valence-corrected chi connectivity index (χ3v) is 5.77. The van der Waals surface area contributed by atoms with E-state index in [1.807, 2.05) is 36.4 Å².